The maximum absolute atomic E-state index is 10.1. The molecule has 0 heterocycles. The van der Waals surface area contributed by atoms with Gasteiger partial charge >= 0.3 is 5.30 Å². The Balaban J connectivity index is 0.000001000. The molecule has 0 aliphatic carbocycles. The van der Waals surface area contributed by atoms with Gasteiger partial charge in [-0.15, -0.1) is 12.4 Å². The molecule has 0 aromatic heterocycles. The molecule has 0 saturated carbocycles. The van der Waals surface area contributed by atoms with E-state index >= 15 is 0 Å². The summed E-state index contributed by atoms with van der Waals surface area (Å²) in [6, 6.07) is 9.00. The fraction of sp³-hybridized carbons (Fsp3) is 0. The van der Waals surface area contributed by atoms with Crippen molar-refractivity contribution in [2.75, 3.05) is 0 Å². The number of hydrogen-bond acceptors (Lipinski definition) is 2. The summed E-state index contributed by atoms with van der Waals surface area (Å²) >= 11 is 0.815. The summed E-state index contributed by atoms with van der Waals surface area (Å²) in [6.45, 7) is 0. The number of halogens is 1. The molecule has 0 amide bonds. The number of thioether (sulfide) groups is 1. The van der Waals surface area contributed by atoms with Crippen molar-refractivity contribution in [3.63, 3.8) is 0 Å². The normalized spacial score (nSPS) is 8.36. The van der Waals surface area contributed by atoms with E-state index in [1.165, 1.54) is 0 Å². The van der Waals surface area contributed by atoms with Crippen LogP contribution in [0.5, 0.6) is 0 Å². The van der Waals surface area contributed by atoms with E-state index in [1.807, 2.05) is 18.2 Å². The Labute approximate surface area is 75.0 Å². The molecule has 0 aliphatic heterocycles. The third-order valence-electron chi connectivity index (χ3n) is 0.948. The Bertz CT molecular complexity index is 225. The maximum atomic E-state index is 10.1. The Morgan fingerprint density at radius 2 is 1.82 bits per heavy atom. The first-order chi connectivity index (χ1) is 4.79. The molecule has 0 fully saturated rings. The van der Waals surface area contributed by atoms with Crippen molar-refractivity contribution in [2.24, 2.45) is 0 Å². The van der Waals surface area contributed by atoms with Crippen LogP contribution >= 0.6 is 24.2 Å². The van der Waals surface area contributed by atoms with E-state index in [1.54, 1.807) is 12.1 Å². The summed E-state index contributed by atoms with van der Waals surface area (Å²) in [5.41, 5.74) is 0. The average molecular weight is 191 g/mol. The summed E-state index contributed by atoms with van der Waals surface area (Å²) in [5, 5.41) is 7.46. The van der Waals surface area contributed by atoms with Crippen LogP contribution in [0, 0.1) is 0 Å². The minimum absolute atomic E-state index is 0. The fourth-order valence-corrected chi connectivity index (χ4v) is 1.08. The number of carbonyl (C=O) groups is 1. The van der Waals surface area contributed by atoms with E-state index in [0.29, 0.717) is 0 Å². The van der Waals surface area contributed by atoms with E-state index in [9.17, 15) is 4.79 Å². The quantitative estimate of drug-likeness (QED) is 0.692. The highest BCUT2D eigenvalue weighted by atomic mass is 35.5. The zero-order valence-electron chi connectivity index (χ0n) is 5.56. The van der Waals surface area contributed by atoms with Crippen LogP contribution in [0.1, 0.15) is 0 Å². The van der Waals surface area contributed by atoms with Gasteiger partial charge in [0.2, 0.25) is 0 Å². The monoisotopic (exact) mass is 190 g/mol. The predicted molar refractivity (Wildman–Crippen MR) is 47.6 cm³/mol. The van der Waals surface area contributed by atoms with Gasteiger partial charge in [-0.25, -0.2) is 4.79 Å². The van der Waals surface area contributed by atoms with Crippen molar-refractivity contribution < 1.29 is 9.90 Å². The molecule has 60 valence electrons. The molecule has 0 atom stereocenters. The standard InChI is InChI=1S/C7H6O2S.ClH/c8-7(9)10-6-4-2-1-3-5-6;/h1-5H,(H,8,9);1H. The Kier molecular flexibility index (Phi) is 4.74. The lowest BCUT2D eigenvalue weighted by molar-refractivity contribution is 0.222. The van der Waals surface area contributed by atoms with Gasteiger partial charge in [-0.2, -0.15) is 0 Å². The molecule has 2 nitrogen and oxygen atoms in total. The second-order valence-corrected chi connectivity index (χ2v) is 2.71. The first kappa shape index (κ1) is 10.3. The molecule has 1 aromatic carbocycles. The topological polar surface area (TPSA) is 37.3 Å². The number of benzene rings is 1. The van der Waals surface area contributed by atoms with Crippen molar-refractivity contribution in [2.45, 2.75) is 4.90 Å². The zero-order valence-corrected chi connectivity index (χ0v) is 7.19. The van der Waals surface area contributed by atoms with E-state index in [4.69, 9.17) is 5.11 Å². The van der Waals surface area contributed by atoms with Crippen molar-refractivity contribution in [3.8, 4) is 0 Å². The highest BCUT2D eigenvalue weighted by Gasteiger charge is 1.97. The van der Waals surface area contributed by atoms with Gasteiger partial charge < -0.3 is 5.11 Å². The molecular weight excluding hydrogens is 184 g/mol. The minimum Gasteiger partial charge on any atom is -0.473 e. The smallest absolute Gasteiger partial charge is 0.369 e. The molecule has 0 unspecified atom stereocenters. The van der Waals surface area contributed by atoms with Crippen LogP contribution in [-0.4, -0.2) is 10.4 Å². The van der Waals surface area contributed by atoms with E-state index < -0.39 is 5.30 Å². The number of carboxylic acid groups (broad SMARTS) is 1. The van der Waals surface area contributed by atoms with Crippen LogP contribution < -0.4 is 0 Å². The van der Waals surface area contributed by atoms with Gasteiger partial charge in [-0.05, 0) is 23.9 Å². The molecule has 1 aromatic rings. The molecular formula is C7H7ClO2S. The van der Waals surface area contributed by atoms with Gasteiger partial charge in [0.15, 0.2) is 0 Å². The minimum atomic E-state index is -0.869. The molecule has 0 aliphatic rings. The molecule has 4 heteroatoms. The van der Waals surface area contributed by atoms with Crippen LogP contribution in [0.4, 0.5) is 4.79 Å². The lowest BCUT2D eigenvalue weighted by Gasteiger charge is -1.91. The number of hydrogen-bond donors (Lipinski definition) is 1. The lowest BCUT2D eigenvalue weighted by Crippen LogP contribution is -1.81. The molecule has 0 radical (unpaired) electrons. The van der Waals surface area contributed by atoms with E-state index in [-0.39, 0.29) is 12.4 Å². The third-order valence-corrected chi connectivity index (χ3v) is 1.63. The highest BCUT2D eigenvalue weighted by Crippen LogP contribution is 2.16. The molecule has 0 saturated heterocycles. The molecule has 0 bridgehead atoms. The van der Waals surface area contributed by atoms with Crippen molar-refractivity contribution in [1.29, 1.82) is 0 Å². The summed E-state index contributed by atoms with van der Waals surface area (Å²) in [7, 11) is 0. The second kappa shape index (κ2) is 5.04. The molecule has 11 heavy (non-hydrogen) atoms. The van der Waals surface area contributed by atoms with E-state index in [0.717, 1.165) is 16.7 Å². The molecule has 1 N–H and O–H groups in total. The first-order valence-electron chi connectivity index (χ1n) is 2.75. The number of rotatable bonds is 1. The van der Waals surface area contributed by atoms with Crippen LogP contribution in [0.3, 0.4) is 0 Å². The van der Waals surface area contributed by atoms with Crippen LogP contribution in [0.2, 0.25) is 0 Å². The molecule has 1 rings (SSSR count). The van der Waals surface area contributed by atoms with Gasteiger partial charge in [0.25, 0.3) is 0 Å². The highest BCUT2D eigenvalue weighted by molar-refractivity contribution is 8.13. The van der Waals surface area contributed by atoms with Gasteiger partial charge in [0.05, 0.1) is 0 Å². The van der Waals surface area contributed by atoms with Gasteiger partial charge in [-0.3, -0.25) is 0 Å². The largest absolute Gasteiger partial charge is 0.473 e. The lowest BCUT2D eigenvalue weighted by atomic mass is 10.4. The zero-order chi connectivity index (χ0) is 7.40. The van der Waals surface area contributed by atoms with Crippen LogP contribution in [0.25, 0.3) is 0 Å². The van der Waals surface area contributed by atoms with Gasteiger partial charge in [-0.1, -0.05) is 18.2 Å². The summed E-state index contributed by atoms with van der Waals surface area (Å²) in [4.78, 5) is 10.9. The Hall–Kier alpha value is -0.670. The SMILES string of the molecule is Cl.O=C(O)Sc1ccccc1. The van der Waals surface area contributed by atoms with Crippen LogP contribution in [-0.2, 0) is 0 Å². The van der Waals surface area contributed by atoms with Gasteiger partial charge in [0.1, 0.15) is 0 Å². The van der Waals surface area contributed by atoms with Gasteiger partial charge in [0, 0.05) is 4.90 Å². The second-order valence-electron chi connectivity index (χ2n) is 1.68. The maximum Gasteiger partial charge on any atom is 0.369 e. The van der Waals surface area contributed by atoms with E-state index in [2.05, 4.69) is 0 Å². The Morgan fingerprint density at radius 1 is 1.27 bits per heavy atom. The molecule has 0 spiro atoms. The average Bonchev–Trinajstić information content (AvgIpc) is 1.88. The third kappa shape index (κ3) is 3.91. The Morgan fingerprint density at radius 3 is 2.27 bits per heavy atom. The summed E-state index contributed by atoms with van der Waals surface area (Å²) in [5.74, 6) is 0. The van der Waals surface area contributed by atoms with Crippen LogP contribution in [0.15, 0.2) is 35.2 Å². The fourth-order valence-electron chi connectivity index (χ4n) is 0.589. The van der Waals surface area contributed by atoms with Crippen molar-refractivity contribution >= 4 is 29.5 Å². The van der Waals surface area contributed by atoms with Crippen molar-refractivity contribution in [1.82, 2.24) is 0 Å². The predicted octanol–water partition coefficient (Wildman–Crippen LogP) is 2.88. The first-order valence-corrected chi connectivity index (χ1v) is 3.56. The van der Waals surface area contributed by atoms with Crippen molar-refractivity contribution in [3.05, 3.63) is 30.3 Å². The summed E-state index contributed by atoms with van der Waals surface area (Å²) in [6.07, 6.45) is 0. The summed E-state index contributed by atoms with van der Waals surface area (Å²) < 4.78 is 0.